The third-order valence-electron chi connectivity index (χ3n) is 8.89. The van der Waals surface area contributed by atoms with Crippen molar-refractivity contribution in [2.24, 2.45) is 0 Å². The second kappa shape index (κ2) is 12.6. The molecule has 0 bridgehead atoms. The minimum absolute atomic E-state index is 0. The number of imidazole rings is 1. The molecular formula is C43H27N4OPt-. The van der Waals surface area contributed by atoms with Crippen molar-refractivity contribution in [3.63, 3.8) is 0 Å². The van der Waals surface area contributed by atoms with Gasteiger partial charge in [0.05, 0.1) is 28.5 Å². The molecule has 0 aliphatic heterocycles. The maximum atomic E-state index is 11.0. The molecule has 3 aromatic heterocycles. The molecule has 9 rings (SSSR count). The number of para-hydroxylation sites is 2. The number of nitrogens with zero attached hydrogens (tertiary/aromatic N) is 4. The van der Waals surface area contributed by atoms with Crippen molar-refractivity contribution in [1.82, 2.24) is 19.5 Å². The molecule has 0 unspecified atom stereocenters. The molecule has 3 heterocycles. The number of aromatic nitrogens is 4. The first-order valence-electron chi connectivity index (χ1n) is 15.8. The Morgan fingerprint density at radius 3 is 2.00 bits per heavy atom. The van der Waals surface area contributed by atoms with Gasteiger partial charge in [0, 0.05) is 61.7 Å². The molecular weight excluding hydrogens is 784 g/mol. The van der Waals surface area contributed by atoms with Crippen LogP contribution in [-0.4, -0.2) is 24.6 Å². The summed E-state index contributed by atoms with van der Waals surface area (Å²) in [5.74, 6) is 0.910. The fourth-order valence-corrected chi connectivity index (χ4v) is 6.68. The van der Waals surface area contributed by atoms with Crippen molar-refractivity contribution in [3.05, 3.63) is 164 Å². The third-order valence-corrected chi connectivity index (χ3v) is 8.89. The van der Waals surface area contributed by atoms with Gasteiger partial charge in [-0.1, -0.05) is 126 Å². The van der Waals surface area contributed by atoms with Gasteiger partial charge in [0.1, 0.15) is 0 Å². The van der Waals surface area contributed by atoms with E-state index < -0.39 is 0 Å². The smallest absolute Gasteiger partial charge is 0.0908 e. The molecule has 1 N–H and O–H groups in total. The van der Waals surface area contributed by atoms with Crippen LogP contribution in [0.2, 0.25) is 0 Å². The van der Waals surface area contributed by atoms with Gasteiger partial charge in [-0.3, -0.25) is 15.0 Å². The Morgan fingerprint density at radius 1 is 0.592 bits per heavy atom. The fourth-order valence-electron chi connectivity index (χ4n) is 6.68. The molecule has 0 aliphatic carbocycles. The molecule has 5 nitrogen and oxygen atoms in total. The first-order chi connectivity index (χ1) is 23.7. The first kappa shape index (κ1) is 30.4. The standard InChI is InChI=1S/C43H27N4O.Pt/c48-39-21-8-16-32-26-45-37-23-22-31(25-36(37)40(32)39)43-46-38(35-20-7-15-30-17-10-24-44-41(30)35)27-47(43)42-33(28-11-3-1-4-12-28)18-9-19-34(42)29-13-5-2-6-14-29;/h1-24,26-27,48H;/q-1;. The van der Waals surface area contributed by atoms with Crippen molar-refractivity contribution < 1.29 is 26.2 Å². The van der Waals surface area contributed by atoms with E-state index in [1.54, 1.807) is 12.3 Å². The van der Waals surface area contributed by atoms with E-state index in [9.17, 15) is 5.11 Å². The van der Waals surface area contributed by atoms with Crippen LogP contribution in [0.1, 0.15) is 0 Å². The second-order valence-electron chi connectivity index (χ2n) is 11.8. The van der Waals surface area contributed by atoms with Crippen LogP contribution < -0.4 is 0 Å². The van der Waals surface area contributed by atoms with Gasteiger partial charge in [-0.2, -0.15) is 0 Å². The Bertz CT molecular complexity index is 2570. The predicted octanol–water partition coefficient (Wildman–Crippen LogP) is 10.3. The van der Waals surface area contributed by atoms with E-state index in [-0.39, 0.29) is 26.8 Å². The minimum Gasteiger partial charge on any atom is -0.515 e. The fraction of sp³-hybridized carbons (Fsp3) is 0. The summed E-state index contributed by atoms with van der Waals surface area (Å²) in [6.45, 7) is 0. The van der Waals surface area contributed by atoms with Gasteiger partial charge >= 0.3 is 0 Å². The van der Waals surface area contributed by atoms with E-state index in [0.717, 1.165) is 77.3 Å². The molecule has 236 valence electrons. The number of fused-ring (bicyclic) bond motifs is 4. The van der Waals surface area contributed by atoms with Gasteiger partial charge < -0.3 is 9.67 Å². The maximum Gasteiger partial charge on any atom is 0.0908 e. The number of phenolic OH excluding ortho intramolecular Hbond substituents is 1. The van der Waals surface area contributed by atoms with Crippen LogP contribution in [0.4, 0.5) is 0 Å². The van der Waals surface area contributed by atoms with Crippen molar-refractivity contribution in [2.75, 3.05) is 0 Å². The number of benzene rings is 6. The Morgan fingerprint density at radius 2 is 1.24 bits per heavy atom. The number of aromatic hydroxyl groups is 1. The topological polar surface area (TPSA) is 63.8 Å². The largest absolute Gasteiger partial charge is 0.515 e. The molecule has 0 spiro atoms. The van der Waals surface area contributed by atoms with E-state index in [4.69, 9.17) is 9.97 Å². The van der Waals surface area contributed by atoms with Crippen LogP contribution in [0.15, 0.2) is 158 Å². The number of pyridine rings is 2. The molecule has 0 fully saturated rings. The Balaban J connectivity index is 0.00000348. The van der Waals surface area contributed by atoms with Gasteiger partial charge in [-0.15, -0.1) is 18.2 Å². The zero-order valence-corrected chi connectivity index (χ0v) is 28.3. The van der Waals surface area contributed by atoms with Gasteiger partial charge in [0.15, 0.2) is 0 Å². The molecule has 6 aromatic carbocycles. The van der Waals surface area contributed by atoms with E-state index in [2.05, 4.69) is 107 Å². The average molecular weight is 811 g/mol. The molecule has 0 saturated carbocycles. The summed E-state index contributed by atoms with van der Waals surface area (Å²) in [5.41, 5.74) is 9.50. The minimum atomic E-state index is 0. The zero-order chi connectivity index (χ0) is 32.0. The third kappa shape index (κ3) is 5.29. The average Bonchev–Trinajstić information content (AvgIpc) is 3.60. The Hall–Kier alpha value is -5.90. The molecule has 49 heavy (non-hydrogen) atoms. The maximum absolute atomic E-state index is 11.0. The summed E-state index contributed by atoms with van der Waals surface area (Å²) in [7, 11) is 0. The first-order valence-corrected chi connectivity index (χ1v) is 15.8. The van der Waals surface area contributed by atoms with Gasteiger partial charge in [-0.25, -0.2) is 0 Å². The van der Waals surface area contributed by atoms with Crippen molar-refractivity contribution in [1.29, 1.82) is 0 Å². The van der Waals surface area contributed by atoms with Crippen LogP contribution in [0, 0.1) is 6.07 Å². The summed E-state index contributed by atoms with van der Waals surface area (Å²) >= 11 is 0. The van der Waals surface area contributed by atoms with Crippen LogP contribution in [0.3, 0.4) is 0 Å². The number of hydrogen-bond acceptors (Lipinski definition) is 4. The normalized spacial score (nSPS) is 11.2. The SMILES string of the molecule is Oc1cccc2cnc3ccc(-c4nc(-c5cccc6cccnc56)cn4-c4c(-c5ccccc5)cccc4-c4ccccc4)[c-]c3c12.[Pt]. The summed E-state index contributed by atoms with van der Waals surface area (Å²) in [4.78, 5) is 14.8. The molecule has 0 amide bonds. The van der Waals surface area contributed by atoms with Crippen molar-refractivity contribution in [3.8, 4) is 56.3 Å². The summed E-state index contributed by atoms with van der Waals surface area (Å²) in [6.07, 6.45) is 5.73. The summed E-state index contributed by atoms with van der Waals surface area (Å²) in [6, 6.07) is 50.7. The van der Waals surface area contributed by atoms with Crippen LogP contribution >= 0.6 is 0 Å². The molecule has 0 aliphatic rings. The Labute approximate surface area is 297 Å². The number of phenols is 1. The van der Waals surface area contributed by atoms with E-state index in [1.807, 2.05) is 54.7 Å². The summed E-state index contributed by atoms with van der Waals surface area (Å²) < 4.78 is 2.19. The summed E-state index contributed by atoms with van der Waals surface area (Å²) in [5, 5.41) is 14.3. The molecule has 6 heteroatoms. The van der Waals surface area contributed by atoms with E-state index >= 15 is 0 Å². The van der Waals surface area contributed by atoms with Crippen molar-refractivity contribution in [2.45, 2.75) is 0 Å². The molecule has 0 saturated heterocycles. The van der Waals surface area contributed by atoms with Gasteiger partial charge in [-0.05, 0) is 39.5 Å². The second-order valence-corrected chi connectivity index (χ2v) is 11.8. The van der Waals surface area contributed by atoms with Crippen LogP contribution in [0.5, 0.6) is 5.75 Å². The number of hydrogen-bond donors (Lipinski definition) is 1. The van der Waals surface area contributed by atoms with Crippen LogP contribution in [0.25, 0.3) is 83.2 Å². The number of rotatable bonds is 5. The molecule has 0 atom stereocenters. The molecule has 0 radical (unpaired) electrons. The van der Waals surface area contributed by atoms with Crippen LogP contribution in [-0.2, 0) is 21.1 Å². The Kier molecular flexibility index (Phi) is 7.83. The zero-order valence-electron chi connectivity index (χ0n) is 26.1. The van der Waals surface area contributed by atoms with Gasteiger partial charge in [0.25, 0.3) is 0 Å². The molecule has 9 aromatic rings. The monoisotopic (exact) mass is 810 g/mol. The van der Waals surface area contributed by atoms with Crippen molar-refractivity contribution >= 4 is 32.6 Å². The van der Waals surface area contributed by atoms with E-state index in [0.29, 0.717) is 5.82 Å². The predicted molar refractivity (Wildman–Crippen MR) is 194 cm³/mol. The van der Waals surface area contributed by atoms with Gasteiger partial charge in [0.2, 0.25) is 0 Å². The quantitative estimate of drug-likeness (QED) is 0.139. The van der Waals surface area contributed by atoms with E-state index in [1.165, 1.54) is 0 Å².